The maximum Gasteiger partial charge on any atom is 0.157 e. The predicted molar refractivity (Wildman–Crippen MR) is 81.2 cm³/mol. The molecule has 0 radical (unpaired) electrons. The minimum atomic E-state index is -3.73. The summed E-state index contributed by atoms with van der Waals surface area (Å²) in [5, 5.41) is 18.8. The summed E-state index contributed by atoms with van der Waals surface area (Å²) in [4.78, 5) is 0. The summed E-state index contributed by atoms with van der Waals surface area (Å²) >= 11 is 0. The molecule has 2 N–H and O–H groups in total. The number of aliphatic hydroxyl groups is 2. The van der Waals surface area contributed by atoms with Crippen molar-refractivity contribution in [1.29, 1.82) is 0 Å². The van der Waals surface area contributed by atoms with Crippen LogP contribution >= 0.6 is 0 Å². The van der Waals surface area contributed by atoms with Crippen molar-refractivity contribution in [2.75, 3.05) is 5.75 Å². The third kappa shape index (κ3) is 4.82. The Morgan fingerprint density at radius 1 is 1.00 bits per heavy atom. The summed E-state index contributed by atoms with van der Waals surface area (Å²) in [5.41, 5.74) is 0.742. The lowest BCUT2D eigenvalue weighted by Crippen LogP contribution is -2.17. The van der Waals surface area contributed by atoms with Crippen molar-refractivity contribution >= 4 is 9.84 Å². The zero-order valence-corrected chi connectivity index (χ0v) is 12.9. The lowest BCUT2D eigenvalue weighted by molar-refractivity contribution is 0.196. The third-order valence-electron chi connectivity index (χ3n) is 3.32. The Labute approximate surface area is 132 Å². The second kappa shape index (κ2) is 7.16. The number of sulfone groups is 1. The Morgan fingerprint density at radius 3 is 2.22 bits per heavy atom. The molecule has 1 unspecified atom stereocenters. The van der Waals surface area contributed by atoms with Crippen molar-refractivity contribution in [2.24, 2.45) is 0 Å². The summed E-state index contributed by atoms with van der Waals surface area (Å²) in [6, 6.07) is 8.81. The van der Waals surface area contributed by atoms with Crippen LogP contribution in [0.15, 0.2) is 42.5 Å². The lowest BCUT2D eigenvalue weighted by Gasteiger charge is -2.13. The number of rotatable bonds is 6. The third-order valence-corrected chi connectivity index (χ3v) is 4.92. The summed E-state index contributed by atoms with van der Waals surface area (Å²) in [6.07, 6.45) is -1.65. The number of benzene rings is 2. The van der Waals surface area contributed by atoms with E-state index < -0.39 is 33.3 Å². The molecule has 0 bridgehead atoms. The Hall–Kier alpha value is -1.83. The van der Waals surface area contributed by atoms with Crippen LogP contribution in [0.3, 0.4) is 0 Å². The molecule has 7 heteroatoms. The first kappa shape index (κ1) is 17.5. The van der Waals surface area contributed by atoms with Crippen molar-refractivity contribution in [1.82, 2.24) is 0 Å². The normalized spacial score (nSPS) is 13.0. The van der Waals surface area contributed by atoms with E-state index in [1.165, 1.54) is 0 Å². The highest BCUT2D eigenvalue weighted by atomic mass is 32.2. The first-order chi connectivity index (χ1) is 10.8. The molecule has 1 atom stereocenters. The predicted octanol–water partition coefficient (Wildman–Crippen LogP) is 2.11. The fraction of sp³-hybridized carbons (Fsp3) is 0.250. The first-order valence-corrected chi connectivity index (χ1v) is 8.65. The molecule has 0 aromatic heterocycles. The molecule has 4 nitrogen and oxygen atoms in total. The van der Waals surface area contributed by atoms with E-state index >= 15 is 0 Å². The maximum atomic E-state index is 13.6. The molecule has 2 rings (SSSR count). The summed E-state index contributed by atoms with van der Waals surface area (Å²) in [7, 11) is -3.73. The van der Waals surface area contributed by atoms with Crippen molar-refractivity contribution in [2.45, 2.75) is 18.5 Å². The molecule has 0 heterocycles. The molecule has 0 saturated carbocycles. The van der Waals surface area contributed by atoms with Gasteiger partial charge < -0.3 is 10.2 Å². The van der Waals surface area contributed by atoms with Crippen LogP contribution in [0.25, 0.3) is 0 Å². The number of hydrogen-bond acceptors (Lipinski definition) is 4. The molecule has 2 aromatic rings. The highest BCUT2D eigenvalue weighted by molar-refractivity contribution is 7.90. The maximum absolute atomic E-state index is 13.6. The first-order valence-electron chi connectivity index (χ1n) is 6.83. The van der Waals surface area contributed by atoms with Gasteiger partial charge in [-0.15, -0.1) is 0 Å². The van der Waals surface area contributed by atoms with Gasteiger partial charge in [0.2, 0.25) is 0 Å². The molecule has 0 spiro atoms. The fourth-order valence-corrected chi connectivity index (χ4v) is 3.63. The highest BCUT2D eigenvalue weighted by Crippen LogP contribution is 2.21. The van der Waals surface area contributed by atoms with E-state index in [2.05, 4.69) is 0 Å². The molecular formula is C16H16F2O4S. The largest absolute Gasteiger partial charge is 0.392 e. The molecule has 0 aliphatic heterocycles. The molecule has 0 aliphatic rings. The molecule has 0 saturated heterocycles. The van der Waals surface area contributed by atoms with E-state index in [1.54, 1.807) is 24.3 Å². The Morgan fingerprint density at radius 2 is 1.61 bits per heavy atom. The average molecular weight is 342 g/mol. The zero-order chi connectivity index (χ0) is 17.0. The quantitative estimate of drug-likeness (QED) is 0.843. The van der Waals surface area contributed by atoms with Gasteiger partial charge in [0.15, 0.2) is 9.84 Å². The molecule has 2 aromatic carbocycles. The fourth-order valence-electron chi connectivity index (χ4n) is 2.15. The SMILES string of the molecule is O=S(=O)(Cc1ccc(CO)cc1)CC(O)c1cc(F)ccc1F. The van der Waals surface area contributed by atoms with E-state index in [9.17, 15) is 22.3 Å². The number of aliphatic hydroxyl groups excluding tert-OH is 2. The van der Waals surface area contributed by atoms with Gasteiger partial charge >= 0.3 is 0 Å². The standard InChI is InChI=1S/C16H16F2O4S/c17-13-5-6-15(18)14(7-13)16(20)10-23(21,22)9-12-3-1-11(8-19)2-4-12/h1-7,16,19-20H,8-10H2. The van der Waals surface area contributed by atoms with Gasteiger partial charge in [0.25, 0.3) is 0 Å². The smallest absolute Gasteiger partial charge is 0.157 e. The van der Waals surface area contributed by atoms with Gasteiger partial charge in [-0.25, -0.2) is 17.2 Å². The van der Waals surface area contributed by atoms with Crippen molar-refractivity contribution in [3.8, 4) is 0 Å². The summed E-state index contributed by atoms with van der Waals surface area (Å²) < 4.78 is 50.9. The van der Waals surface area contributed by atoms with E-state index in [1.807, 2.05) is 0 Å². The van der Waals surface area contributed by atoms with Crippen molar-refractivity contribution < 1.29 is 27.4 Å². The summed E-state index contributed by atoms with van der Waals surface area (Å²) in [5.74, 6) is -2.67. The number of halogens is 2. The molecule has 0 fully saturated rings. The topological polar surface area (TPSA) is 74.6 Å². The molecule has 23 heavy (non-hydrogen) atoms. The Balaban J connectivity index is 2.11. The molecule has 0 amide bonds. The minimum Gasteiger partial charge on any atom is -0.392 e. The van der Waals surface area contributed by atoms with E-state index in [0.29, 0.717) is 11.1 Å². The highest BCUT2D eigenvalue weighted by Gasteiger charge is 2.22. The minimum absolute atomic E-state index is 0.148. The van der Waals surface area contributed by atoms with Crippen molar-refractivity contribution in [3.05, 3.63) is 70.8 Å². The van der Waals surface area contributed by atoms with Gasteiger partial charge in [-0.1, -0.05) is 24.3 Å². The van der Waals surface area contributed by atoms with E-state index in [4.69, 9.17) is 5.11 Å². The van der Waals surface area contributed by atoms with Gasteiger partial charge in [0.1, 0.15) is 11.6 Å². The monoisotopic (exact) mass is 342 g/mol. The second-order valence-corrected chi connectivity index (χ2v) is 7.32. The zero-order valence-electron chi connectivity index (χ0n) is 12.1. The van der Waals surface area contributed by atoms with Gasteiger partial charge in [0.05, 0.1) is 24.2 Å². The molecule has 0 aliphatic carbocycles. The van der Waals surface area contributed by atoms with Crippen LogP contribution in [0, 0.1) is 11.6 Å². The average Bonchev–Trinajstić information content (AvgIpc) is 2.49. The second-order valence-electron chi connectivity index (χ2n) is 5.21. The number of hydrogen-bond donors (Lipinski definition) is 2. The van der Waals surface area contributed by atoms with Gasteiger partial charge in [-0.05, 0) is 29.3 Å². The Kier molecular flexibility index (Phi) is 5.46. The van der Waals surface area contributed by atoms with Gasteiger partial charge in [-0.3, -0.25) is 0 Å². The van der Waals surface area contributed by atoms with Crippen LogP contribution in [-0.2, 0) is 22.2 Å². The van der Waals surface area contributed by atoms with Crippen LogP contribution in [-0.4, -0.2) is 24.4 Å². The van der Waals surface area contributed by atoms with Crippen molar-refractivity contribution in [3.63, 3.8) is 0 Å². The molecule has 124 valence electrons. The van der Waals surface area contributed by atoms with Crippen LogP contribution < -0.4 is 0 Å². The Bertz CT molecular complexity index is 773. The molecular weight excluding hydrogens is 326 g/mol. The van der Waals surface area contributed by atoms with Crippen LogP contribution in [0.4, 0.5) is 8.78 Å². The van der Waals surface area contributed by atoms with Crippen LogP contribution in [0.1, 0.15) is 22.8 Å². The van der Waals surface area contributed by atoms with Gasteiger partial charge in [0, 0.05) is 5.56 Å². The van der Waals surface area contributed by atoms with E-state index in [0.717, 1.165) is 18.2 Å². The van der Waals surface area contributed by atoms with Crippen LogP contribution in [0.5, 0.6) is 0 Å². The van der Waals surface area contributed by atoms with Gasteiger partial charge in [-0.2, -0.15) is 0 Å². The van der Waals surface area contributed by atoms with E-state index in [-0.39, 0.29) is 17.9 Å². The van der Waals surface area contributed by atoms with Crippen LogP contribution in [0.2, 0.25) is 0 Å². The lowest BCUT2D eigenvalue weighted by atomic mass is 10.1. The summed E-state index contributed by atoms with van der Waals surface area (Å²) in [6.45, 7) is -0.148.